The number of hydrogen-bond donors (Lipinski definition) is 1. The second-order valence-electron chi connectivity index (χ2n) is 5.17. The van der Waals surface area contributed by atoms with Crippen LogP contribution in [0.15, 0.2) is 67.5 Å². The van der Waals surface area contributed by atoms with Gasteiger partial charge in [0.05, 0.1) is 4.90 Å². The number of sulfonamides is 1. The first-order chi connectivity index (χ1) is 12.2. The van der Waals surface area contributed by atoms with Crippen molar-refractivity contribution in [1.82, 2.24) is 4.31 Å². The van der Waals surface area contributed by atoms with E-state index in [1.165, 1.54) is 19.2 Å². The molecule has 2 N–H and O–H groups in total. The molecule has 0 aliphatic rings. The maximum atomic E-state index is 12.4. The van der Waals surface area contributed by atoms with Gasteiger partial charge in [-0.05, 0) is 36.4 Å². The highest BCUT2D eigenvalue weighted by Gasteiger charge is 2.23. The van der Waals surface area contributed by atoms with Crippen LogP contribution < -0.4 is 5.73 Å². The number of benzene rings is 2. The van der Waals surface area contributed by atoms with E-state index in [1.807, 2.05) is 6.07 Å². The normalized spacial score (nSPS) is 12.2. The molecular formula is C16H15Br2N3O4S. The predicted molar refractivity (Wildman–Crippen MR) is 105 cm³/mol. The van der Waals surface area contributed by atoms with Gasteiger partial charge in [0.25, 0.3) is 0 Å². The summed E-state index contributed by atoms with van der Waals surface area (Å²) in [6.07, 6.45) is 0. The molecule has 0 amide bonds. The van der Waals surface area contributed by atoms with E-state index in [0.29, 0.717) is 5.56 Å². The molecule has 2 aromatic rings. The van der Waals surface area contributed by atoms with Crippen molar-refractivity contribution in [3.63, 3.8) is 0 Å². The summed E-state index contributed by atoms with van der Waals surface area (Å²) < 4.78 is 27.2. The van der Waals surface area contributed by atoms with E-state index in [0.717, 1.165) is 13.3 Å². The summed E-state index contributed by atoms with van der Waals surface area (Å²) >= 11 is 6.53. The SMILES string of the molecule is CN(CC(=O)ON=C(N)c1cccc(Br)c1)S(=O)(=O)c1ccc(Br)cc1. The lowest BCUT2D eigenvalue weighted by Crippen LogP contribution is -2.32. The Balaban J connectivity index is 2.02. The van der Waals surface area contributed by atoms with E-state index < -0.39 is 22.5 Å². The Morgan fingerprint density at radius 3 is 2.42 bits per heavy atom. The Hall–Kier alpha value is -1.75. The van der Waals surface area contributed by atoms with Gasteiger partial charge in [0.15, 0.2) is 5.84 Å². The number of rotatable bonds is 6. The van der Waals surface area contributed by atoms with Crippen molar-refractivity contribution in [2.24, 2.45) is 10.9 Å². The summed E-state index contributed by atoms with van der Waals surface area (Å²) in [6.45, 7) is -0.506. The molecule has 7 nitrogen and oxygen atoms in total. The van der Waals surface area contributed by atoms with Crippen LogP contribution in [0.1, 0.15) is 5.56 Å². The van der Waals surface area contributed by atoms with Crippen LogP contribution in [0.2, 0.25) is 0 Å². The maximum Gasteiger partial charge on any atom is 0.350 e. The lowest BCUT2D eigenvalue weighted by Gasteiger charge is -2.15. The zero-order chi connectivity index (χ0) is 19.3. The first kappa shape index (κ1) is 20.6. The average Bonchev–Trinajstić information content (AvgIpc) is 2.60. The van der Waals surface area contributed by atoms with Gasteiger partial charge >= 0.3 is 5.97 Å². The van der Waals surface area contributed by atoms with Crippen LogP contribution in [0.4, 0.5) is 0 Å². The highest BCUT2D eigenvalue weighted by atomic mass is 79.9. The lowest BCUT2D eigenvalue weighted by molar-refractivity contribution is -0.143. The van der Waals surface area contributed by atoms with Crippen molar-refractivity contribution in [3.8, 4) is 0 Å². The Kier molecular flexibility index (Phi) is 6.93. The third-order valence-electron chi connectivity index (χ3n) is 3.24. The van der Waals surface area contributed by atoms with Crippen LogP contribution in [0.5, 0.6) is 0 Å². The minimum Gasteiger partial charge on any atom is -0.380 e. The van der Waals surface area contributed by atoms with Crippen LogP contribution in [0, 0.1) is 0 Å². The van der Waals surface area contributed by atoms with Gasteiger partial charge in [0.2, 0.25) is 10.0 Å². The molecule has 0 bridgehead atoms. The van der Waals surface area contributed by atoms with E-state index in [2.05, 4.69) is 37.0 Å². The van der Waals surface area contributed by atoms with Crippen molar-refractivity contribution in [2.45, 2.75) is 4.90 Å². The summed E-state index contributed by atoms with van der Waals surface area (Å²) in [5, 5.41) is 3.55. The molecule has 0 radical (unpaired) electrons. The van der Waals surface area contributed by atoms with Crippen LogP contribution in [-0.2, 0) is 19.7 Å². The summed E-state index contributed by atoms with van der Waals surface area (Å²) in [6, 6.07) is 13.0. The Bertz CT molecular complexity index is 931. The third kappa shape index (κ3) is 5.37. The van der Waals surface area contributed by atoms with E-state index in [4.69, 9.17) is 10.6 Å². The molecule has 10 heteroatoms. The van der Waals surface area contributed by atoms with Crippen molar-refractivity contribution < 1.29 is 18.0 Å². The fraction of sp³-hybridized carbons (Fsp3) is 0.125. The minimum atomic E-state index is -3.82. The van der Waals surface area contributed by atoms with E-state index >= 15 is 0 Å². The van der Waals surface area contributed by atoms with Crippen LogP contribution in [-0.4, -0.2) is 38.1 Å². The van der Waals surface area contributed by atoms with E-state index in [-0.39, 0.29) is 10.7 Å². The van der Waals surface area contributed by atoms with E-state index in [1.54, 1.807) is 30.3 Å². The van der Waals surface area contributed by atoms with Crippen LogP contribution >= 0.6 is 31.9 Å². The molecule has 0 fully saturated rings. The van der Waals surface area contributed by atoms with Gasteiger partial charge in [-0.2, -0.15) is 4.31 Å². The number of nitrogens with zero attached hydrogens (tertiary/aromatic N) is 2. The topological polar surface area (TPSA) is 102 Å². The standard InChI is InChI=1S/C16H15Br2N3O4S/c1-21(26(23,24)14-7-5-12(17)6-8-14)10-15(22)25-20-16(19)11-3-2-4-13(18)9-11/h2-9H,10H2,1H3,(H2,19,20). The van der Waals surface area contributed by atoms with Crippen molar-refractivity contribution in [3.05, 3.63) is 63.0 Å². The summed E-state index contributed by atoms with van der Waals surface area (Å²) in [5.74, 6) is -0.857. The molecule has 0 atom stereocenters. The Labute approximate surface area is 168 Å². The zero-order valence-corrected chi connectivity index (χ0v) is 17.6. The molecule has 0 spiro atoms. The van der Waals surface area contributed by atoms with Gasteiger partial charge in [0, 0.05) is 21.6 Å². The van der Waals surface area contributed by atoms with Crippen LogP contribution in [0.25, 0.3) is 0 Å². The first-order valence-corrected chi connectivity index (χ1v) is 10.2. The fourth-order valence-corrected chi connectivity index (χ4v) is 3.66. The predicted octanol–water partition coefficient (Wildman–Crippen LogP) is 2.70. The van der Waals surface area contributed by atoms with Gasteiger partial charge in [-0.15, -0.1) is 0 Å². The number of nitrogens with two attached hydrogens (primary N) is 1. The summed E-state index contributed by atoms with van der Waals surface area (Å²) in [4.78, 5) is 16.7. The lowest BCUT2D eigenvalue weighted by atomic mass is 10.2. The Morgan fingerprint density at radius 1 is 1.15 bits per heavy atom. The molecule has 2 rings (SSSR count). The van der Waals surface area contributed by atoms with Crippen LogP contribution in [0.3, 0.4) is 0 Å². The summed E-state index contributed by atoms with van der Waals surface area (Å²) in [7, 11) is -2.54. The van der Waals surface area contributed by atoms with Crippen molar-refractivity contribution in [1.29, 1.82) is 0 Å². The number of amidine groups is 1. The average molecular weight is 505 g/mol. The second kappa shape index (κ2) is 8.76. The molecule has 0 aliphatic heterocycles. The number of carbonyl (C=O) groups excluding carboxylic acids is 1. The number of hydrogen-bond acceptors (Lipinski definition) is 5. The highest BCUT2D eigenvalue weighted by molar-refractivity contribution is 9.10. The zero-order valence-electron chi connectivity index (χ0n) is 13.6. The smallest absolute Gasteiger partial charge is 0.350 e. The van der Waals surface area contributed by atoms with Gasteiger partial charge in [-0.25, -0.2) is 13.2 Å². The number of carbonyl (C=O) groups is 1. The molecule has 0 saturated carbocycles. The Morgan fingerprint density at radius 2 is 1.81 bits per heavy atom. The number of oxime groups is 1. The first-order valence-electron chi connectivity index (χ1n) is 7.21. The molecule has 138 valence electrons. The van der Waals surface area contributed by atoms with Crippen molar-refractivity contribution >= 4 is 53.7 Å². The highest BCUT2D eigenvalue weighted by Crippen LogP contribution is 2.18. The largest absolute Gasteiger partial charge is 0.380 e. The monoisotopic (exact) mass is 503 g/mol. The van der Waals surface area contributed by atoms with Gasteiger partial charge in [-0.1, -0.05) is 49.1 Å². The van der Waals surface area contributed by atoms with Crippen molar-refractivity contribution in [2.75, 3.05) is 13.6 Å². The van der Waals surface area contributed by atoms with Gasteiger partial charge in [-0.3, -0.25) is 0 Å². The molecule has 2 aromatic carbocycles. The summed E-state index contributed by atoms with van der Waals surface area (Å²) in [5.41, 5.74) is 6.31. The molecule has 0 aliphatic carbocycles. The number of likely N-dealkylation sites (N-methyl/N-ethyl adjacent to an activating group) is 1. The molecular weight excluding hydrogens is 490 g/mol. The molecule has 0 heterocycles. The molecule has 26 heavy (non-hydrogen) atoms. The second-order valence-corrected chi connectivity index (χ2v) is 9.04. The maximum absolute atomic E-state index is 12.4. The van der Waals surface area contributed by atoms with E-state index in [9.17, 15) is 13.2 Å². The molecule has 0 aromatic heterocycles. The molecule has 0 unspecified atom stereocenters. The van der Waals surface area contributed by atoms with Gasteiger partial charge in [0.1, 0.15) is 6.54 Å². The van der Waals surface area contributed by atoms with Gasteiger partial charge < -0.3 is 10.6 Å². The molecule has 0 saturated heterocycles. The quantitative estimate of drug-likeness (QED) is 0.282. The number of halogens is 2. The third-order valence-corrected chi connectivity index (χ3v) is 6.08. The fourth-order valence-electron chi connectivity index (χ4n) is 1.88. The minimum absolute atomic E-state index is 0.00179.